The van der Waals surface area contributed by atoms with Crippen molar-refractivity contribution in [3.63, 3.8) is 0 Å². The standard InChI is InChI=1S/C12H23NO.H2/c1-4-12(14)10-5-7-11(8-6-10)13-9(2)3;/h9-11,13H,4-8H2,1-3H3;1H. The van der Waals surface area contributed by atoms with Crippen LogP contribution in [0.25, 0.3) is 0 Å². The molecule has 0 aromatic rings. The molecule has 0 spiro atoms. The van der Waals surface area contributed by atoms with Gasteiger partial charge in [-0.3, -0.25) is 4.79 Å². The van der Waals surface area contributed by atoms with Crippen molar-refractivity contribution >= 4 is 5.78 Å². The Labute approximate surface area is 88.9 Å². The van der Waals surface area contributed by atoms with Crippen molar-refractivity contribution in [2.75, 3.05) is 0 Å². The van der Waals surface area contributed by atoms with Crippen molar-refractivity contribution in [2.45, 2.75) is 65.0 Å². The highest BCUT2D eigenvalue weighted by atomic mass is 16.1. The molecule has 0 amide bonds. The van der Waals surface area contributed by atoms with Crippen molar-refractivity contribution in [3.8, 4) is 0 Å². The molecule has 0 aromatic heterocycles. The average molecular weight is 199 g/mol. The van der Waals surface area contributed by atoms with Crippen LogP contribution in [-0.4, -0.2) is 17.9 Å². The number of carbonyl (C=O) groups excluding carboxylic acids is 1. The van der Waals surface area contributed by atoms with Gasteiger partial charge in [-0.15, -0.1) is 0 Å². The van der Waals surface area contributed by atoms with E-state index in [0.717, 1.165) is 12.8 Å². The van der Waals surface area contributed by atoms with Gasteiger partial charge in [0.1, 0.15) is 5.78 Å². The number of hydrogen-bond donors (Lipinski definition) is 1. The number of Topliss-reactive ketones (excluding diaryl/α,β-unsaturated/α-hetero) is 1. The first-order valence-electron chi connectivity index (χ1n) is 5.92. The summed E-state index contributed by atoms with van der Waals surface area (Å²) in [5.41, 5.74) is 0. The molecule has 1 fully saturated rings. The lowest BCUT2D eigenvalue weighted by Crippen LogP contribution is -2.38. The van der Waals surface area contributed by atoms with Crippen LogP contribution < -0.4 is 5.32 Å². The van der Waals surface area contributed by atoms with Crippen LogP contribution in [0.15, 0.2) is 0 Å². The number of ketones is 1. The van der Waals surface area contributed by atoms with E-state index in [1.165, 1.54) is 12.8 Å². The van der Waals surface area contributed by atoms with Crippen molar-refractivity contribution in [1.29, 1.82) is 0 Å². The molecule has 0 unspecified atom stereocenters. The van der Waals surface area contributed by atoms with E-state index in [-0.39, 0.29) is 1.43 Å². The Morgan fingerprint density at radius 2 is 1.93 bits per heavy atom. The van der Waals surface area contributed by atoms with Gasteiger partial charge in [-0.1, -0.05) is 20.8 Å². The fourth-order valence-corrected chi connectivity index (χ4v) is 2.34. The summed E-state index contributed by atoms with van der Waals surface area (Å²) in [5, 5.41) is 3.55. The van der Waals surface area contributed by atoms with Crippen LogP contribution in [0.1, 0.15) is 54.3 Å². The second kappa shape index (κ2) is 5.50. The third-order valence-corrected chi connectivity index (χ3v) is 3.10. The second-order valence-corrected chi connectivity index (χ2v) is 4.69. The van der Waals surface area contributed by atoms with Crippen LogP contribution in [0, 0.1) is 5.92 Å². The molecule has 1 rings (SSSR count). The molecule has 0 aliphatic heterocycles. The summed E-state index contributed by atoms with van der Waals surface area (Å²) < 4.78 is 0. The smallest absolute Gasteiger partial charge is 0.135 e. The monoisotopic (exact) mass is 199 g/mol. The molecule has 2 heteroatoms. The van der Waals surface area contributed by atoms with Gasteiger partial charge in [0.25, 0.3) is 0 Å². The summed E-state index contributed by atoms with van der Waals surface area (Å²) in [6.45, 7) is 6.34. The quantitative estimate of drug-likeness (QED) is 0.754. The van der Waals surface area contributed by atoms with E-state index in [9.17, 15) is 4.79 Å². The van der Waals surface area contributed by atoms with Gasteiger partial charge in [-0.2, -0.15) is 0 Å². The Bertz CT molecular complexity index is 186. The molecule has 2 nitrogen and oxygen atoms in total. The van der Waals surface area contributed by atoms with Gasteiger partial charge < -0.3 is 5.32 Å². The first-order valence-corrected chi connectivity index (χ1v) is 5.92. The zero-order valence-corrected chi connectivity index (χ0v) is 9.68. The van der Waals surface area contributed by atoms with Gasteiger partial charge in [0, 0.05) is 25.8 Å². The number of hydrogen-bond acceptors (Lipinski definition) is 2. The molecule has 0 radical (unpaired) electrons. The summed E-state index contributed by atoms with van der Waals surface area (Å²) >= 11 is 0. The highest BCUT2D eigenvalue weighted by Crippen LogP contribution is 2.25. The largest absolute Gasteiger partial charge is 0.312 e. The maximum atomic E-state index is 11.5. The molecule has 1 aliphatic rings. The van der Waals surface area contributed by atoms with Gasteiger partial charge in [0.15, 0.2) is 0 Å². The fourth-order valence-electron chi connectivity index (χ4n) is 2.34. The third-order valence-electron chi connectivity index (χ3n) is 3.10. The Morgan fingerprint density at radius 1 is 1.36 bits per heavy atom. The number of nitrogens with one attached hydrogen (secondary N) is 1. The minimum absolute atomic E-state index is 0. The van der Waals surface area contributed by atoms with Gasteiger partial charge in [0.2, 0.25) is 0 Å². The zero-order valence-electron chi connectivity index (χ0n) is 9.68. The summed E-state index contributed by atoms with van der Waals surface area (Å²) in [4.78, 5) is 11.5. The van der Waals surface area contributed by atoms with Crippen molar-refractivity contribution in [3.05, 3.63) is 0 Å². The van der Waals surface area contributed by atoms with E-state index in [0.29, 0.717) is 30.2 Å². The first kappa shape index (κ1) is 11.7. The molecular formula is C12H25NO. The van der Waals surface area contributed by atoms with Crippen molar-refractivity contribution < 1.29 is 6.22 Å². The average Bonchev–Trinajstić information content (AvgIpc) is 2.17. The first-order chi connectivity index (χ1) is 6.63. The molecule has 1 saturated carbocycles. The van der Waals surface area contributed by atoms with E-state index in [4.69, 9.17) is 0 Å². The fraction of sp³-hybridized carbons (Fsp3) is 0.917. The number of rotatable bonds is 4. The Kier molecular flexibility index (Phi) is 4.59. The Hall–Kier alpha value is -0.370. The molecule has 0 atom stereocenters. The lowest BCUT2D eigenvalue weighted by atomic mass is 9.82. The molecule has 14 heavy (non-hydrogen) atoms. The number of carbonyl (C=O) groups is 1. The second-order valence-electron chi connectivity index (χ2n) is 4.69. The Morgan fingerprint density at radius 3 is 2.36 bits per heavy atom. The van der Waals surface area contributed by atoms with E-state index >= 15 is 0 Å². The molecule has 0 saturated heterocycles. The van der Waals surface area contributed by atoms with Gasteiger partial charge in [-0.25, -0.2) is 0 Å². The highest BCUT2D eigenvalue weighted by molar-refractivity contribution is 5.80. The van der Waals surface area contributed by atoms with Crippen LogP contribution in [0.4, 0.5) is 0 Å². The lowest BCUT2D eigenvalue weighted by molar-refractivity contribution is -0.123. The van der Waals surface area contributed by atoms with Crippen LogP contribution in [-0.2, 0) is 4.79 Å². The minimum Gasteiger partial charge on any atom is -0.312 e. The zero-order chi connectivity index (χ0) is 10.6. The molecular weight excluding hydrogens is 174 g/mol. The topological polar surface area (TPSA) is 29.1 Å². The normalized spacial score (nSPS) is 28.0. The van der Waals surface area contributed by atoms with Crippen LogP contribution in [0.2, 0.25) is 0 Å². The lowest BCUT2D eigenvalue weighted by Gasteiger charge is -2.29. The highest BCUT2D eigenvalue weighted by Gasteiger charge is 2.24. The SMILES string of the molecule is CCC(=O)C1CCC(NC(C)C)CC1.[HH]. The predicted molar refractivity (Wildman–Crippen MR) is 61.4 cm³/mol. The van der Waals surface area contributed by atoms with Gasteiger partial charge in [0.05, 0.1) is 0 Å². The molecule has 0 heterocycles. The maximum absolute atomic E-state index is 11.5. The van der Waals surface area contributed by atoms with E-state index < -0.39 is 0 Å². The maximum Gasteiger partial charge on any atom is 0.135 e. The van der Waals surface area contributed by atoms with Crippen LogP contribution in [0.5, 0.6) is 0 Å². The summed E-state index contributed by atoms with van der Waals surface area (Å²) in [5.74, 6) is 0.832. The van der Waals surface area contributed by atoms with E-state index in [2.05, 4.69) is 19.2 Å². The molecule has 1 N–H and O–H groups in total. The molecule has 0 bridgehead atoms. The van der Waals surface area contributed by atoms with Crippen LogP contribution in [0.3, 0.4) is 0 Å². The summed E-state index contributed by atoms with van der Waals surface area (Å²) in [6.07, 6.45) is 5.25. The van der Waals surface area contributed by atoms with Crippen LogP contribution >= 0.6 is 0 Å². The van der Waals surface area contributed by atoms with Gasteiger partial charge >= 0.3 is 0 Å². The Balaban J connectivity index is 0.00000196. The molecule has 0 aromatic carbocycles. The third kappa shape index (κ3) is 3.41. The van der Waals surface area contributed by atoms with Gasteiger partial charge in [-0.05, 0) is 25.7 Å². The molecule has 84 valence electrons. The summed E-state index contributed by atoms with van der Waals surface area (Å²) in [7, 11) is 0. The van der Waals surface area contributed by atoms with E-state index in [1.807, 2.05) is 6.92 Å². The van der Waals surface area contributed by atoms with E-state index in [1.54, 1.807) is 0 Å². The predicted octanol–water partition coefficient (Wildman–Crippen LogP) is 2.77. The minimum atomic E-state index is 0. The van der Waals surface area contributed by atoms with Crippen molar-refractivity contribution in [1.82, 2.24) is 5.32 Å². The van der Waals surface area contributed by atoms with Crippen molar-refractivity contribution in [2.24, 2.45) is 5.92 Å². The summed E-state index contributed by atoms with van der Waals surface area (Å²) in [6, 6.07) is 1.22. The molecule has 1 aliphatic carbocycles.